The summed E-state index contributed by atoms with van der Waals surface area (Å²) >= 11 is 0. The van der Waals surface area contributed by atoms with Gasteiger partial charge in [-0.05, 0) is 48.9 Å². The molecule has 1 aliphatic rings. The molecule has 3 aromatic heterocycles. The second-order valence-corrected chi connectivity index (χ2v) is 7.89. The van der Waals surface area contributed by atoms with Crippen LogP contribution in [0.4, 0.5) is 5.82 Å². The summed E-state index contributed by atoms with van der Waals surface area (Å²) < 4.78 is 4.93. The number of anilines is 1. The first-order valence-electron chi connectivity index (χ1n) is 10.8. The number of hydrogen-bond donors (Lipinski definition) is 4. The number of nitrogens with zero attached hydrogens (tertiary/aromatic N) is 3. The number of methoxy groups -OCH3 is 1. The number of hydrogen-bond acceptors (Lipinski definition) is 7. The van der Waals surface area contributed by atoms with Gasteiger partial charge in [0.25, 0.3) is 5.91 Å². The lowest BCUT2D eigenvalue weighted by Gasteiger charge is -2.17. The maximum Gasteiger partial charge on any atom is 0.316 e. The third-order valence-corrected chi connectivity index (χ3v) is 5.53. The van der Waals surface area contributed by atoms with E-state index in [9.17, 15) is 14.7 Å². The molecule has 4 heterocycles. The van der Waals surface area contributed by atoms with Gasteiger partial charge in [-0.2, -0.15) is 0 Å². The molecule has 1 unspecified atom stereocenters. The lowest BCUT2D eigenvalue weighted by Crippen LogP contribution is -2.30. The molecule has 10 nitrogen and oxygen atoms in total. The second kappa shape index (κ2) is 10.1. The van der Waals surface area contributed by atoms with Crippen molar-refractivity contribution < 1.29 is 19.4 Å². The molecule has 1 atom stereocenters. The molecule has 0 fully saturated rings. The molecular weight excluding hydrogens is 424 g/mol. The Bertz CT molecular complexity index is 1130. The lowest BCUT2D eigenvalue weighted by molar-refractivity contribution is -0.137. The van der Waals surface area contributed by atoms with E-state index in [1.807, 2.05) is 0 Å². The number of rotatable bonds is 9. The standard InChI is InChI=1S/C23H26N6O4/c1-33-23-26-12-16(13-27-23)18(10-20(30)31)29-22(32)19-9-14(11-25-19)4-6-17-7-5-15-3-2-8-24-21(15)28-17/h5,7,9,11-13,18,25H,2-4,6,8,10H2,1H3,(H,24,28)(H,29,32)(H,30,31). The van der Waals surface area contributed by atoms with Crippen LogP contribution in [0.5, 0.6) is 6.01 Å². The monoisotopic (exact) mass is 450 g/mol. The normalized spacial score (nSPS) is 13.5. The van der Waals surface area contributed by atoms with Crippen LogP contribution in [-0.4, -0.2) is 50.6 Å². The Kier molecular flexibility index (Phi) is 6.82. The van der Waals surface area contributed by atoms with Gasteiger partial charge in [0.05, 0.1) is 19.6 Å². The van der Waals surface area contributed by atoms with Gasteiger partial charge in [-0.25, -0.2) is 15.0 Å². The van der Waals surface area contributed by atoms with Gasteiger partial charge < -0.3 is 25.5 Å². The fourth-order valence-electron chi connectivity index (χ4n) is 3.77. The highest BCUT2D eigenvalue weighted by molar-refractivity contribution is 5.93. The molecule has 33 heavy (non-hydrogen) atoms. The zero-order valence-electron chi connectivity index (χ0n) is 18.3. The molecule has 0 radical (unpaired) electrons. The van der Waals surface area contributed by atoms with E-state index in [0.29, 0.717) is 11.3 Å². The van der Waals surface area contributed by atoms with Crippen molar-refractivity contribution in [1.82, 2.24) is 25.3 Å². The average molecular weight is 450 g/mol. The number of aromatic nitrogens is 4. The molecule has 1 aliphatic heterocycles. The number of carboxylic acid groups (broad SMARTS) is 1. The highest BCUT2D eigenvalue weighted by Gasteiger charge is 2.21. The Labute approximate surface area is 190 Å². The Morgan fingerprint density at radius 1 is 1.24 bits per heavy atom. The van der Waals surface area contributed by atoms with Crippen molar-refractivity contribution >= 4 is 17.7 Å². The van der Waals surface area contributed by atoms with Crippen molar-refractivity contribution in [3.63, 3.8) is 0 Å². The molecule has 4 rings (SSSR count). The third kappa shape index (κ3) is 5.65. The van der Waals surface area contributed by atoms with Crippen LogP contribution in [-0.2, 0) is 24.1 Å². The van der Waals surface area contributed by atoms with E-state index >= 15 is 0 Å². The van der Waals surface area contributed by atoms with E-state index in [-0.39, 0.29) is 12.4 Å². The number of amides is 1. The minimum Gasteiger partial charge on any atom is -0.481 e. The Hall–Kier alpha value is -3.95. The number of aromatic amines is 1. The van der Waals surface area contributed by atoms with Crippen LogP contribution in [0.15, 0.2) is 36.8 Å². The number of fused-ring (bicyclic) bond motifs is 1. The van der Waals surface area contributed by atoms with Crippen molar-refractivity contribution in [3.8, 4) is 6.01 Å². The highest BCUT2D eigenvalue weighted by Crippen LogP contribution is 2.21. The summed E-state index contributed by atoms with van der Waals surface area (Å²) in [5.41, 5.74) is 4.05. The number of H-pyrrole nitrogens is 1. The third-order valence-electron chi connectivity index (χ3n) is 5.53. The van der Waals surface area contributed by atoms with Crippen molar-refractivity contribution in [2.75, 3.05) is 19.0 Å². The van der Waals surface area contributed by atoms with Crippen LogP contribution in [0.2, 0.25) is 0 Å². The fourth-order valence-corrected chi connectivity index (χ4v) is 3.77. The van der Waals surface area contributed by atoms with Crippen molar-refractivity contribution in [2.45, 2.75) is 38.1 Å². The van der Waals surface area contributed by atoms with Crippen molar-refractivity contribution in [2.24, 2.45) is 0 Å². The summed E-state index contributed by atoms with van der Waals surface area (Å²) in [6, 6.07) is 5.34. The van der Waals surface area contributed by atoms with Gasteiger partial charge in [-0.1, -0.05) is 6.07 Å². The quantitative estimate of drug-likeness (QED) is 0.389. The molecule has 0 aliphatic carbocycles. The molecule has 1 amide bonds. The maximum absolute atomic E-state index is 12.8. The largest absolute Gasteiger partial charge is 0.481 e. The minimum absolute atomic E-state index is 0.164. The number of nitrogens with one attached hydrogen (secondary N) is 3. The molecule has 172 valence electrons. The minimum atomic E-state index is -1.05. The van der Waals surface area contributed by atoms with Crippen LogP contribution in [0.3, 0.4) is 0 Å². The molecule has 0 spiro atoms. The predicted octanol–water partition coefficient (Wildman–Crippen LogP) is 2.30. The summed E-state index contributed by atoms with van der Waals surface area (Å²) in [5.74, 6) is -0.477. The van der Waals surface area contributed by atoms with Gasteiger partial charge in [0.1, 0.15) is 11.5 Å². The number of carboxylic acids is 1. The number of pyridine rings is 1. The van der Waals surface area contributed by atoms with Gasteiger partial charge in [0, 0.05) is 36.4 Å². The first kappa shape index (κ1) is 22.3. The first-order chi connectivity index (χ1) is 16.0. The number of carbonyl (C=O) groups excluding carboxylic acids is 1. The van der Waals surface area contributed by atoms with Crippen LogP contribution >= 0.6 is 0 Å². The first-order valence-corrected chi connectivity index (χ1v) is 10.8. The summed E-state index contributed by atoms with van der Waals surface area (Å²) in [7, 11) is 1.44. The van der Waals surface area contributed by atoms with E-state index < -0.39 is 17.9 Å². The number of ether oxygens (including phenoxy) is 1. The molecule has 0 saturated heterocycles. The molecule has 10 heteroatoms. The fraction of sp³-hybridized carbons (Fsp3) is 0.348. The Balaban J connectivity index is 1.39. The topological polar surface area (TPSA) is 142 Å². The van der Waals surface area contributed by atoms with Gasteiger partial charge >= 0.3 is 12.0 Å². The van der Waals surface area contributed by atoms with E-state index in [1.165, 1.54) is 25.1 Å². The van der Waals surface area contributed by atoms with Gasteiger partial charge in [0.2, 0.25) is 0 Å². The molecule has 0 saturated carbocycles. The van der Waals surface area contributed by atoms with E-state index in [1.54, 1.807) is 12.3 Å². The van der Waals surface area contributed by atoms with Crippen molar-refractivity contribution in [3.05, 3.63) is 64.9 Å². The van der Waals surface area contributed by atoms with E-state index in [0.717, 1.165) is 49.3 Å². The van der Waals surface area contributed by atoms with E-state index in [2.05, 4.69) is 37.7 Å². The maximum atomic E-state index is 12.8. The van der Waals surface area contributed by atoms with Crippen LogP contribution in [0, 0.1) is 0 Å². The van der Waals surface area contributed by atoms with Crippen molar-refractivity contribution in [1.29, 1.82) is 0 Å². The molecule has 4 N–H and O–H groups in total. The van der Waals surface area contributed by atoms with Gasteiger partial charge in [-0.15, -0.1) is 0 Å². The molecule has 3 aromatic rings. The summed E-state index contributed by atoms with van der Waals surface area (Å²) in [5, 5.41) is 15.3. The smallest absolute Gasteiger partial charge is 0.316 e. The molecule has 0 bridgehead atoms. The van der Waals surface area contributed by atoms with Crippen LogP contribution < -0.4 is 15.4 Å². The zero-order valence-corrected chi connectivity index (χ0v) is 18.3. The second-order valence-electron chi connectivity index (χ2n) is 7.89. The summed E-state index contributed by atoms with van der Waals surface area (Å²) in [4.78, 5) is 39.7. The number of carbonyl (C=O) groups is 2. The van der Waals surface area contributed by atoms with E-state index in [4.69, 9.17) is 9.72 Å². The van der Waals surface area contributed by atoms with Gasteiger partial charge in [0.15, 0.2) is 0 Å². The summed E-state index contributed by atoms with van der Waals surface area (Å²) in [6.45, 7) is 0.950. The Morgan fingerprint density at radius 3 is 2.82 bits per heavy atom. The molecule has 0 aromatic carbocycles. The zero-order chi connectivity index (χ0) is 23.2. The summed E-state index contributed by atoms with van der Waals surface area (Å²) in [6.07, 6.45) is 8.03. The predicted molar refractivity (Wildman–Crippen MR) is 120 cm³/mol. The highest BCUT2D eigenvalue weighted by atomic mass is 16.5. The number of aliphatic carboxylic acids is 1. The van der Waals surface area contributed by atoms with Gasteiger partial charge in [-0.3, -0.25) is 9.59 Å². The van der Waals surface area contributed by atoms with Crippen LogP contribution in [0.25, 0.3) is 0 Å². The van der Waals surface area contributed by atoms with Crippen LogP contribution in [0.1, 0.15) is 51.8 Å². The molecular formula is C23H26N6O4. The number of aryl methyl sites for hydroxylation is 3. The lowest BCUT2D eigenvalue weighted by atomic mass is 10.1. The SMILES string of the molecule is COc1ncc(C(CC(=O)O)NC(=O)c2cc(CCc3ccc4c(n3)NCCC4)c[nH]2)cn1. The Morgan fingerprint density at radius 2 is 2.06 bits per heavy atom. The average Bonchev–Trinajstić information content (AvgIpc) is 3.31.